The molecule has 25 heavy (non-hydrogen) atoms. The molecule has 2 aliphatic heterocycles. The van der Waals surface area contributed by atoms with Gasteiger partial charge in [0.2, 0.25) is 5.91 Å². The summed E-state index contributed by atoms with van der Waals surface area (Å²) in [6.45, 7) is 6.69. The Morgan fingerprint density at radius 3 is 2.76 bits per heavy atom. The Morgan fingerprint density at radius 1 is 1.16 bits per heavy atom. The number of para-hydroxylation sites is 1. The summed E-state index contributed by atoms with van der Waals surface area (Å²) in [6.07, 6.45) is 3.37. The number of carbonyl (C=O) groups is 1. The standard InChI is InChI=1S/C20H31N3O2/c1-21(2)20(24)16-23-10-5-9-22(11-12-23)15-17-8-13-25-19-7-4-3-6-18(19)14-17/h3-4,6-7,17H,5,8-16H2,1-2H3/t17-/m1/s1. The lowest BCUT2D eigenvalue weighted by atomic mass is 9.96. The van der Waals surface area contributed by atoms with Crippen molar-refractivity contribution in [2.45, 2.75) is 19.3 Å². The highest BCUT2D eigenvalue weighted by atomic mass is 16.5. The summed E-state index contributed by atoms with van der Waals surface area (Å²) in [5.74, 6) is 1.92. The smallest absolute Gasteiger partial charge is 0.236 e. The maximum Gasteiger partial charge on any atom is 0.236 e. The molecule has 1 aromatic carbocycles. The molecule has 1 saturated heterocycles. The van der Waals surface area contributed by atoms with Crippen LogP contribution in [-0.4, -0.2) is 80.6 Å². The second kappa shape index (κ2) is 8.68. The fourth-order valence-electron chi connectivity index (χ4n) is 3.78. The molecule has 2 heterocycles. The van der Waals surface area contributed by atoms with Crippen LogP contribution in [0, 0.1) is 5.92 Å². The maximum absolute atomic E-state index is 11.9. The zero-order valence-electron chi connectivity index (χ0n) is 15.6. The number of amides is 1. The van der Waals surface area contributed by atoms with Crippen LogP contribution in [0.5, 0.6) is 5.75 Å². The minimum Gasteiger partial charge on any atom is -0.493 e. The Hall–Kier alpha value is -1.59. The topological polar surface area (TPSA) is 36.0 Å². The van der Waals surface area contributed by atoms with Crippen molar-refractivity contribution in [3.05, 3.63) is 29.8 Å². The van der Waals surface area contributed by atoms with Crippen LogP contribution in [0.4, 0.5) is 0 Å². The number of hydrogen-bond acceptors (Lipinski definition) is 4. The maximum atomic E-state index is 11.9. The Labute approximate surface area is 151 Å². The van der Waals surface area contributed by atoms with Gasteiger partial charge in [0.05, 0.1) is 13.2 Å². The fourth-order valence-corrected chi connectivity index (χ4v) is 3.78. The van der Waals surface area contributed by atoms with Gasteiger partial charge in [0.1, 0.15) is 5.75 Å². The lowest BCUT2D eigenvalue weighted by Crippen LogP contribution is -2.39. The first-order valence-electron chi connectivity index (χ1n) is 9.47. The number of fused-ring (bicyclic) bond motifs is 1. The highest BCUT2D eigenvalue weighted by Gasteiger charge is 2.22. The molecule has 0 spiro atoms. The minimum atomic E-state index is 0.200. The molecule has 138 valence electrons. The van der Waals surface area contributed by atoms with Crippen LogP contribution in [0.15, 0.2) is 24.3 Å². The van der Waals surface area contributed by atoms with Crippen LogP contribution in [0.1, 0.15) is 18.4 Å². The van der Waals surface area contributed by atoms with Gasteiger partial charge in [-0.25, -0.2) is 0 Å². The van der Waals surface area contributed by atoms with E-state index in [4.69, 9.17) is 4.74 Å². The molecule has 1 fully saturated rings. The number of rotatable bonds is 4. The molecule has 1 amide bonds. The summed E-state index contributed by atoms with van der Waals surface area (Å²) < 4.78 is 5.91. The van der Waals surface area contributed by atoms with E-state index in [1.807, 2.05) is 14.1 Å². The number of ether oxygens (including phenoxy) is 1. The van der Waals surface area contributed by atoms with Gasteiger partial charge in [0.15, 0.2) is 0 Å². The average molecular weight is 345 g/mol. The van der Waals surface area contributed by atoms with Crippen LogP contribution < -0.4 is 4.74 Å². The second-order valence-electron chi connectivity index (χ2n) is 7.53. The number of likely N-dealkylation sites (N-methyl/N-ethyl adjacent to an activating group) is 1. The monoisotopic (exact) mass is 345 g/mol. The fraction of sp³-hybridized carbons (Fsp3) is 0.650. The number of carbonyl (C=O) groups excluding carboxylic acids is 1. The Balaban J connectivity index is 1.51. The molecular formula is C20H31N3O2. The molecule has 2 aliphatic rings. The van der Waals surface area contributed by atoms with Gasteiger partial charge in [0, 0.05) is 33.7 Å². The predicted octanol–water partition coefficient (Wildman–Crippen LogP) is 1.72. The van der Waals surface area contributed by atoms with Crippen LogP contribution in [0.3, 0.4) is 0 Å². The van der Waals surface area contributed by atoms with Crippen LogP contribution in [-0.2, 0) is 11.2 Å². The molecule has 0 saturated carbocycles. The van der Waals surface area contributed by atoms with Gasteiger partial charge in [0.25, 0.3) is 0 Å². The van der Waals surface area contributed by atoms with E-state index in [1.165, 1.54) is 5.56 Å². The quantitative estimate of drug-likeness (QED) is 0.833. The van der Waals surface area contributed by atoms with Gasteiger partial charge in [-0.2, -0.15) is 0 Å². The summed E-state index contributed by atoms with van der Waals surface area (Å²) in [6, 6.07) is 8.45. The molecule has 0 bridgehead atoms. The van der Waals surface area contributed by atoms with Crippen molar-refractivity contribution in [2.75, 3.05) is 60.0 Å². The van der Waals surface area contributed by atoms with E-state index < -0.39 is 0 Å². The highest BCUT2D eigenvalue weighted by Crippen LogP contribution is 2.27. The summed E-state index contributed by atoms with van der Waals surface area (Å²) in [5.41, 5.74) is 1.35. The lowest BCUT2D eigenvalue weighted by molar-refractivity contribution is -0.129. The highest BCUT2D eigenvalue weighted by molar-refractivity contribution is 5.77. The van der Waals surface area contributed by atoms with Crippen molar-refractivity contribution in [1.82, 2.24) is 14.7 Å². The van der Waals surface area contributed by atoms with Crippen molar-refractivity contribution in [3.8, 4) is 5.75 Å². The van der Waals surface area contributed by atoms with Gasteiger partial charge in [-0.05, 0) is 49.9 Å². The molecule has 0 aliphatic carbocycles. The van der Waals surface area contributed by atoms with E-state index in [9.17, 15) is 4.79 Å². The van der Waals surface area contributed by atoms with Crippen molar-refractivity contribution in [2.24, 2.45) is 5.92 Å². The van der Waals surface area contributed by atoms with E-state index in [1.54, 1.807) is 4.90 Å². The van der Waals surface area contributed by atoms with Crippen LogP contribution >= 0.6 is 0 Å². The lowest BCUT2D eigenvalue weighted by Gasteiger charge is -2.26. The molecule has 0 radical (unpaired) electrons. The zero-order valence-corrected chi connectivity index (χ0v) is 15.6. The third-order valence-electron chi connectivity index (χ3n) is 5.32. The largest absolute Gasteiger partial charge is 0.493 e. The Morgan fingerprint density at radius 2 is 1.92 bits per heavy atom. The summed E-state index contributed by atoms with van der Waals surface area (Å²) >= 11 is 0. The van der Waals surface area contributed by atoms with E-state index in [2.05, 4.69) is 34.1 Å². The molecule has 0 N–H and O–H groups in total. The van der Waals surface area contributed by atoms with Crippen LogP contribution in [0.2, 0.25) is 0 Å². The molecule has 1 atom stereocenters. The molecule has 0 unspecified atom stereocenters. The normalized spacial score (nSPS) is 22.4. The van der Waals surface area contributed by atoms with Crippen LogP contribution in [0.25, 0.3) is 0 Å². The van der Waals surface area contributed by atoms with E-state index >= 15 is 0 Å². The van der Waals surface area contributed by atoms with Gasteiger partial charge in [-0.3, -0.25) is 9.69 Å². The number of hydrogen-bond donors (Lipinski definition) is 0. The van der Waals surface area contributed by atoms with E-state index in [0.717, 1.165) is 64.3 Å². The Bertz CT molecular complexity index is 576. The SMILES string of the molecule is CN(C)C(=O)CN1CCCN(C[C@@H]2CCOc3ccccc3C2)CC1. The van der Waals surface area contributed by atoms with Crippen molar-refractivity contribution >= 4 is 5.91 Å². The van der Waals surface area contributed by atoms with Crippen molar-refractivity contribution in [1.29, 1.82) is 0 Å². The first-order valence-corrected chi connectivity index (χ1v) is 9.47. The molecule has 5 nitrogen and oxygen atoms in total. The molecule has 1 aromatic rings. The van der Waals surface area contributed by atoms with E-state index in [0.29, 0.717) is 12.5 Å². The molecular weight excluding hydrogens is 314 g/mol. The van der Waals surface area contributed by atoms with Gasteiger partial charge < -0.3 is 14.5 Å². The van der Waals surface area contributed by atoms with Gasteiger partial charge in [-0.15, -0.1) is 0 Å². The summed E-state index contributed by atoms with van der Waals surface area (Å²) in [7, 11) is 3.66. The minimum absolute atomic E-state index is 0.200. The first kappa shape index (κ1) is 18.2. The number of benzene rings is 1. The second-order valence-corrected chi connectivity index (χ2v) is 7.53. The van der Waals surface area contributed by atoms with Gasteiger partial charge in [-0.1, -0.05) is 18.2 Å². The first-order chi connectivity index (χ1) is 12.1. The van der Waals surface area contributed by atoms with Crippen molar-refractivity contribution in [3.63, 3.8) is 0 Å². The molecule has 0 aromatic heterocycles. The zero-order chi connectivity index (χ0) is 17.6. The third kappa shape index (κ3) is 5.19. The predicted molar refractivity (Wildman–Crippen MR) is 99.9 cm³/mol. The Kier molecular flexibility index (Phi) is 6.32. The average Bonchev–Trinajstić information content (AvgIpc) is 2.93. The molecule has 5 heteroatoms. The van der Waals surface area contributed by atoms with Crippen molar-refractivity contribution < 1.29 is 9.53 Å². The summed E-state index contributed by atoms with van der Waals surface area (Å²) in [4.78, 5) is 18.5. The van der Waals surface area contributed by atoms with Gasteiger partial charge >= 0.3 is 0 Å². The third-order valence-corrected chi connectivity index (χ3v) is 5.32. The summed E-state index contributed by atoms with van der Waals surface area (Å²) in [5, 5.41) is 0. The number of nitrogens with zero attached hydrogens (tertiary/aromatic N) is 3. The van der Waals surface area contributed by atoms with E-state index in [-0.39, 0.29) is 5.91 Å². The molecule has 3 rings (SSSR count).